The fourth-order valence-corrected chi connectivity index (χ4v) is 4.34. The number of anilines is 1. The molecule has 0 unspecified atom stereocenters. The molecule has 3 rings (SSSR count). The number of nitrogens with one attached hydrogen (secondary N) is 2. The molecule has 26 heavy (non-hydrogen) atoms. The molecule has 2 aliphatic rings. The van der Waals surface area contributed by atoms with Gasteiger partial charge in [-0.3, -0.25) is 14.5 Å². The third-order valence-electron chi connectivity index (χ3n) is 5.74. The van der Waals surface area contributed by atoms with Crippen LogP contribution in [0.25, 0.3) is 0 Å². The Morgan fingerprint density at radius 3 is 2.50 bits per heavy atom. The van der Waals surface area contributed by atoms with Gasteiger partial charge in [0, 0.05) is 5.69 Å². The zero-order chi connectivity index (χ0) is 19.1. The fourth-order valence-electron chi connectivity index (χ4n) is 4.34. The highest BCUT2D eigenvalue weighted by atomic mass is 16.2. The van der Waals surface area contributed by atoms with E-state index < -0.39 is 11.6 Å². The van der Waals surface area contributed by atoms with E-state index in [1.807, 2.05) is 39.8 Å². The molecule has 1 aromatic carbocycles. The molecule has 2 N–H and O–H groups in total. The number of benzene rings is 1. The Balaban J connectivity index is 1.74. The number of rotatable bonds is 3. The molecule has 0 radical (unpaired) electrons. The second-order valence-electron chi connectivity index (χ2n) is 7.76. The van der Waals surface area contributed by atoms with Gasteiger partial charge >= 0.3 is 6.03 Å². The lowest BCUT2D eigenvalue weighted by molar-refractivity contribution is -0.136. The van der Waals surface area contributed by atoms with Gasteiger partial charge in [-0.1, -0.05) is 37.5 Å². The topological polar surface area (TPSA) is 78.5 Å². The largest absolute Gasteiger partial charge is 0.325 e. The zero-order valence-electron chi connectivity index (χ0n) is 15.9. The fraction of sp³-hybridized carbons (Fsp3) is 0.550. The standard InChI is InChI=1S/C20H27N3O3/c1-12-9-13(2)17(14(3)10-12)21-16(24)11-23-18(25)20(22-19(23)26)8-6-5-7-15(20)4/h9-10,15H,5-8,11H2,1-4H3,(H,21,24)(H,22,26)/t15-,20+/m0/s1. The Morgan fingerprint density at radius 1 is 1.23 bits per heavy atom. The van der Waals surface area contributed by atoms with E-state index in [0.29, 0.717) is 6.42 Å². The Hall–Kier alpha value is -2.37. The number of aryl methyl sites for hydroxylation is 3. The first-order chi connectivity index (χ1) is 12.2. The quantitative estimate of drug-likeness (QED) is 0.816. The van der Waals surface area contributed by atoms with Crippen LogP contribution < -0.4 is 10.6 Å². The number of imide groups is 1. The predicted molar refractivity (Wildman–Crippen MR) is 99.9 cm³/mol. The number of amides is 4. The minimum atomic E-state index is -0.828. The van der Waals surface area contributed by atoms with Crippen molar-refractivity contribution < 1.29 is 14.4 Å². The molecular weight excluding hydrogens is 330 g/mol. The number of nitrogens with zero attached hydrogens (tertiary/aromatic N) is 1. The normalized spacial score (nSPS) is 25.5. The van der Waals surface area contributed by atoms with Crippen LogP contribution in [0.3, 0.4) is 0 Å². The molecule has 1 heterocycles. The Bertz CT molecular complexity index is 751. The molecule has 0 bridgehead atoms. The molecule has 1 saturated carbocycles. The van der Waals surface area contributed by atoms with Crippen LogP contribution in [0.4, 0.5) is 10.5 Å². The summed E-state index contributed by atoms with van der Waals surface area (Å²) in [5.74, 6) is -0.534. The maximum Gasteiger partial charge on any atom is 0.325 e. The number of hydrogen-bond acceptors (Lipinski definition) is 3. The van der Waals surface area contributed by atoms with Crippen LogP contribution in [0.2, 0.25) is 0 Å². The van der Waals surface area contributed by atoms with Crippen LogP contribution >= 0.6 is 0 Å². The molecule has 1 spiro atoms. The molecule has 0 aromatic heterocycles. The predicted octanol–water partition coefficient (Wildman–Crippen LogP) is 3.05. The van der Waals surface area contributed by atoms with Crippen LogP contribution in [0.15, 0.2) is 12.1 Å². The SMILES string of the molecule is Cc1cc(C)c(NC(=O)CN2C(=O)N[C@@]3(CCCC[C@@H]3C)C2=O)c(C)c1. The molecule has 140 valence electrons. The summed E-state index contributed by atoms with van der Waals surface area (Å²) in [6.07, 6.45) is 3.54. The molecule has 4 amide bonds. The van der Waals surface area contributed by atoms with Gasteiger partial charge in [-0.25, -0.2) is 4.79 Å². The second-order valence-corrected chi connectivity index (χ2v) is 7.76. The van der Waals surface area contributed by atoms with E-state index in [9.17, 15) is 14.4 Å². The van der Waals surface area contributed by atoms with E-state index in [0.717, 1.165) is 46.5 Å². The highest BCUT2D eigenvalue weighted by Gasteiger charge is 2.55. The van der Waals surface area contributed by atoms with Crippen molar-refractivity contribution in [2.75, 3.05) is 11.9 Å². The van der Waals surface area contributed by atoms with Crippen LogP contribution in [0.5, 0.6) is 0 Å². The first-order valence-corrected chi connectivity index (χ1v) is 9.26. The summed E-state index contributed by atoms with van der Waals surface area (Å²) in [6, 6.07) is 3.53. The van der Waals surface area contributed by atoms with Crippen molar-refractivity contribution in [3.8, 4) is 0 Å². The van der Waals surface area contributed by atoms with Gasteiger partial charge in [-0.05, 0) is 50.7 Å². The Morgan fingerprint density at radius 2 is 1.88 bits per heavy atom. The molecule has 1 aliphatic heterocycles. The summed E-state index contributed by atoms with van der Waals surface area (Å²) in [7, 11) is 0. The number of urea groups is 1. The molecule has 2 atom stereocenters. The summed E-state index contributed by atoms with van der Waals surface area (Å²) >= 11 is 0. The summed E-state index contributed by atoms with van der Waals surface area (Å²) < 4.78 is 0. The smallest absolute Gasteiger partial charge is 0.324 e. The number of hydrogen-bond donors (Lipinski definition) is 2. The molecular formula is C20H27N3O3. The third kappa shape index (κ3) is 3.08. The third-order valence-corrected chi connectivity index (χ3v) is 5.74. The van der Waals surface area contributed by atoms with Crippen LogP contribution in [0.1, 0.15) is 49.3 Å². The lowest BCUT2D eigenvalue weighted by Gasteiger charge is -2.36. The molecule has 6 heteroatoms. The van der Waals surface area contributed by atoms with E-state index in [-0.39, 0.29) is 24.3 Å². The second kappa shape index (κ2) is 6.74. The lowest BCUT2D eigenvalue weighted by atomic mass is 9.73. The molecule has 1 saturated heterocycles. The van der Waals surface area contributed by atoms with Gasteiger partial charge in [-0.15, -0.1) is 0 Å². The van der Waals surface area contributed by atoms with E-state index >= 15 is 0 Å². The van der Waals surface area contributed by atoms with Gasteiger partial charge in [0.2, 0.25) is 5.91 Å². The van der Waals surface area contributed by atoms with Crippen molar-refractivity contribution in [3.63, 3.8) is 0 Å². The number of carbonyl (C=O) groups excluding carboxylic acids is 3. The van der Waals surface area contributed by atoms with Crippen LogP contribution in [0, 0.1) is 26.7 Å². The summed E-state index contributed by atoms with van der Waals surface area (Å²) in [5.41, 5.74) is 2.97. The lowest BCUT2D eigenvalue weighted by Crippen LogP contribution is -2.54. The van der Waals surface area contributed by atoms with Crippen molar-refractivity contribution >= 4 is 23.5 Å². The van der Waals surface area contributed by atoms with Crippen molar-refractivity contribution in [2.24, 2.45) is 5.92 Å². The highest BCUT2D eigenvalue weighted by Crippen LogP contribution is 2.38. The maximum atomic E-state index is 12.9. The molecule has 1 aromatic rings. The summed E-state index contributed by atoms with van der Waals surface area (Å²) in [5, 5.41) is 5.74. The molecule has 2 fully saturated rings. The van der Waals surface area contributed by atoms with Crippen LogP contribution in [-0.2, 0) is 9.59 Å². The van der Waals surface area contributed by atoms with Gasteiger partial charge in [0.25, 0.3) is 5.91 Å². The molecule has 6 nitrogen and oxygen atoms in total. The first-order valence-electron chi connectivity index (χ1n) is 9.26. The maximum absolute atomic E-state index is 12.9. The van der Waals surface area contributed by atoms with E-state index in [1.54, 1.807) is 0 Å². The van der Waals surface area contributed by atoms with Crippen molar-refractivity contribution in [2.45, 2.75) is 58.9 Å². The van der Waals surface area contributed by atoms with Gasteiger partial charge in [-0.2, -0.15) is 0 Å². The van der Waals surface area contributed by atoms with Gasteiger partial charge < -0.3 is 10.6 Å². The highest BCUT2D eigenvalue weighted by molar-refractivity contribution is 6.10. The zero-order valence-corrected chi connectivity index (χ0v) is 15.9. The molecule has 1 aliphatic carbocycles. The van der Waals surface area contributed by atoms with Gasteiger partial charge in [0.1, 0.15) is 12.1 Å². The first kappa shape index (κ1) is 18.4. The minimum absolute atomic E-state index is 0.0855. The van der Waals surface area contributed by atoms with Gasteiger partial charge in [0.15, 0.2) is 0 Å². The van der Waals surface area contributed by atoms with Crippen LogP contribution in [-0.4, -0.2) is 34.8 Å². The van der Waals surface area contributed by atoms with Crippen molar-refractivity contribution in [1.82, 2.24) is 10.2 Å². The van der Waals surface area contributed by atoms with E-state index in [4.69, 9.17) is 0 Å². The average molecular weight is 357 g/mol. The summed E-state index contributed by atoms with van der Waals surface area (Å²) in [4.78, 5) is 38.9. The Labute approximate surface area is 154 Å². The van der Waals surface area contributed by atoms with E-state index in [2.05, 4.69) is 10.6 Å². The summed E-state index contributed by atoms with van der Waals surface area (Å²) in [6.45, 7) is 7.61. The average Bonchev–Trinajstić information content (AvgIpc) is 2.79. The van der Waals surface area contributed by atoms with Crippen molar-refractivity contribution in [3.05, 3.63) is 28.8 Å². The minimum Gasteiger partial charge on any atom is -0.324 e. The van der Waals surface area contributed by atoms with Crippen molar-refractivity contribution in [1.29, 1.82) is 0 Å². The Kier molecular flexibility index (Phi) is 4.78. The van der Waals surface area contributed by atoms with E-state index in [1.165, 1.54) is 0 Å². The monoisotopic (exact) mass is 357 g/mol. The van der Waals surface area contributed by atoms with Gasteiger partial charge in [0.05, 0.1) is 0 Å². The number of carbonyl (C=O) groups is 3.